The Kier molecular flexibility index (Phi) is 4.49. The van der Waals surface area contributed by atoms with Crippen LogP contribution in [0.25, 0.3) is 11.5 Å². The van der Waals surface area contributed by atoms with Gasteiger partial charge < -0.3 is 10.2 Å². The molecule has 0 radical (unpaired) electrons. The van der Waals surface area contributed by atoms with Crippen molar-refractivity contribution in [2.24, 2.45) is 0 Å². The first-order valence-electron chi connectivity index (χ1n) is 6.94. The highest BCUT2D eigenvalue weighted by Crippen LogP contribution is 2.19. The number of aryl methyl sites for hydroxylation is 1. The van der Waals surface area contributed by atoms with E-state index in [9.17, 15) is 0 Å². The molecule has 2 aromatic rings. The molecule has 0 spiro atoms. The minimum atomic E-state index is 0.570. The maximum absolute atomic E-state index is 4.58. The normalized spacial score (nSPS) is 10.6. The van der Waals surface area contributed by atoms with Gasteiger partial charge in [0.2, 0.25) is 11.9 Å². The summed E-state index contributed by atoms with van der Waals surface area (Å²) < 4.78 is 1.88. The average Bonchev–Trinajstić information content (AvgIpc) is 2.96. The van der Waals surface area contributed by atoms with Crippen molar-refractivity contribution in [3.05, 3.63) is 12.3 Å². The fourth-order valence-corrected chi connectivity index (χ4v) is 2.01. The lowest BCUT2D eigenvalue weighted by Crippen LogP contribution is -2.25. The molecule has 1 N–H and O–H groups in total. The minimum Gasteiger partial charge on any atom is -0.357 e. The van der Waals surface area contributed by atoms with E-state index in [1.165, 1.54) is 0 Å². The molecule has 2 heterocycles. The molecule has 0 atom stereocenters. The number of anilines is 2. The lowest BCUT2D eigenvalue weighted by molar-refractivity contribution is 0.663. The van der Waals surface area contributed by atoms with E-state index in [0.717, 1.165) is 25.3 Å². The van der Waals surface area contributed by atoms with Crippen LogP contribution in [0.4, 0.5) is 11.9 Å². The number of hydrogen-bond acceptors (Lipinski definition) is 6. The Morgan fingerprint density at radius 2 is 1.90 bits per heavy atom. The van der Waals surface area contributed by atoms with Gasteiger partial charge in [-0.2, -0.15) is 20.1 Å². The molecule has 0 saturated heterocycles. The predicted molar refractivity (Wildman–Crippen MR) is 79.8 cm³/mol. The van der Waals surface area contributed by atoms with Crippen LogP contribution in [0.1, 0.15) is 20.8 Å². The third-order valence-corrected chi connectivity index (χ3v) is 3.14. The average molecular weight is 275 g/mol. The lowest BCUT2D eigenvalue weighted by Gasteiger charge is -2.19. The van der Waals surface area contributed by atoms with Gasteiger partial charge in [0, 0.05) is 32.9 Å². The van der Waals surface area contributed by atoms with Gasteiger partial charge in [-0.3, -0.25) is 4.68 Å². The highest BCUT2D eigenvalue weighted by atomic mass is 15.3. The molecule has 7 nitrogen and oxygen atoms in total. The molecule has 0 aliphatic carbocycles. The zero-order chi connectivity index (χ0) is 14.5. The van der Waals surface area contributed by atoms with Crippen LogP contribution >= 0.6 is 0 Å². The third-order valence-electron chi connectivity index (χ3n) is 3.14. The number of nitrogens with zero attached hydrogens (tertiary/aromatic N) is 6. The predicted octanol–water partition coefficient (Wildman–Crippen LogP) is 1.64. The van der Waals surface area contributed by atoms with Crippen molar-refractivity contribution in [2.45, 2.75) is 27.3 Å². The standard InChI is InChI=1S/C13H21N7/c1-5-19(6-2)13-17-11(16-12(14-4)18-13)10-8-9-15-20(10)7-3/h8-9H,5-7H2,1-4H3,(H,14,16,17,18). The lowest BCUT2D eigenvalue weighted by atomic mass is 10.4. The number of aromatic nitrogens is 5. The second-order valence-electron chi connectivity index (χ2n) is 4.24. The summed E-state index contributed by atoms with van der Waals surface area (Å²) in [6, 6.07) is 1.92. The van der Waals surface area contributed by atoms with Crippen LogP contribution < -0.4 is 10.2 Å². The molecule has 20 heavy (non-hydrogen) atoms. The third kappa shape index (κ3) is 2.71. The van der Waals surface area contributed by atoms with Crippen LogP contribution in [0.5, 0.6) is 0 Å². The zero-order valence-electron chi connectivity index (χ0n) is 12.5. The summed E-state index contributed by atoms with van der Waals surface area (Å²) in [5.41, 5.74) is 0.903. The van der Waals surface area contributed by atoms with Crippen LogP contribution in [-0.4, -0.2) is 44.9 Å². The van der Waals surface area contributed by atoms with Crippen LogP contribution in [0.3, 0.4) is 0 Å². The maximum atomic E-state index is 4.58. The van der Waals surface area contributed by atoms with E-state index >= 15 is 0 Å². The monoisotopic (exact) mass is 275 g/mol. The second kappa shape index (κ2) is 6.31. The first kappa shape index (κ1) is 14.2. The largest absolute Gasteiger partial charge is 0.357 e. The van der Waals surface area contributed by atoms with Gasteiger partial charge in [-0.15, -0.1) is 0 Å². The Labute approximate surface area is 119 Å². The molecular formula is C13H21N7. The Hall–Kier alpha value is -2.18. The smallest absolute Gasteiger partial charge is 0.230 e. The van der Waals surface area contributed by atoms with Crippen LogP contribution in [0.15, 0.2) is 12.3 Å². The van der Waals surface area contributed by atoms with Gasteiger partial charge in [0.1, 0.15) is 5.69 Å². The quantitative estimate of drug-likeness (QED) is 0.864. The van der Waals surface area contributed by atoms with E-state index in [-0.39, 0.29) is 0 Å². The molecule has 108 valence electrons. The molecule has 0 amide bonds. The molecule has 0 bridgehead atoms. The summed E-state index contributed by atoms with van der Waals surface area (Å²) in [4.78, 5) is 15.5. The fraction of sp³-hybridized carbons (Fsp3) is 0.538. The van der Waals surface area contributed by atoms with E-state index in [1.807, 2.05) is 24.7 Å². The first-order valence-corrected chi connectivity index (χ1v) is 6.94. The van der Waals surface area contributed by atoms with Crippen LogP contribution in [-0.2, 0) is 6.54 Å². The molecule has 2 aromatic heterocycles. The molecule has 7 heteroatoms. The Bertz CT molecular complexity index is 560. The van der Waals surface area contributed by atoms with Crippen molar-refractivity contribution in [2.75, 3.05) is 30.4 Å². The van der Waals surface area contributed by atoms with Gasteiger partial charge in [-0.05, 0) is 26.8 Å². The SMILES string of the molecule is CCN(CC)c1nc(NC)nc(-c2ccnn2CC)n1. The summed E-state index contributed by atoms with van der Waals surface area (Å²) in [7, 11) is 1.81. The summed E-state index contributed by atoms with van der Waals surface area (Å²) in [5, 5.41) is 7.26. The Balaban J connectivity index is 2.50. The highest BCUT2D eigenvalue weighted by molar-refractivity contribution is 5.54. The summed E-state index contributed by atoms with van der Waals surface area (Å²) in [5.74, 6) is 1.90. The molecule has 0 aliphatic rings. The summed E-state index contributed by atoms with van der Waals surface area (Å²) in [6.07, 6.45) is 1.76. The molecule has 2 rings (SSSR count). The Morgan fingerprint density at radius 3 is 2.50 bits per heavy atom. The van der Waals surface area contributed by atoms with Crippen molar-refractivity contribution in [3.8, 4) is 11.5 Å². The van der Waals surface area contributed by atoms with Gasteiger partial charge in [0.05, 0.1) is 0 Å². The van der Waals surface area contributed by atoms with Crippen molar-refractivity contribution < 1.29 is 0 Å². The van der Waals surface area contributed by atoms with E-state index < -0.39 is 0 Å². The van der Waals surface area contributed by atoms with Crippen LogP contribution in [0.2, 0.25) is 0 Å². The summed E-state index contributed by atoms with van der Waals surface area (Å²) in [6.45, 7) is 8.71. The second-order valence-corrected chi connectivity index (χ2v) is 4.24. The Morgan fingerprint density at radius 1 is 1.15 bits per heavy atom. The van der Waals surface area contributed by atoms with Crippen molar-refractivity contribution in [3.63, 3.8) is 0 Å². The van der Waals surface area contributed by atoms with E-state index in [2.05, 4.69) is 44.1 Å². The molecule has 0 aromatic carbocycles. The van der Waals surface area contributed by atoms with Gasteiger partial charge in [-0.1, -0.05) is 0 Å². The van der Waals surface area contributed by atoms with Gasteiger partial charge in [0.25, 0.3) is 0 Å². The van der Waals surface area contributed by atoms with E-state index in [0.29, 0.717) is 17.7 Å². The number of rotatable bonds is 6. The van der Waals surface area contributed by atoms with Crippen molar-refractivity contribution in [1.82, 2.24) is 24.7 Å². The maximum Gasteiger partial charge on any atom is 0.230 e. The van der Waals surface area contributed by atoms with Crippen molar-refractivity contribution in [1.29, 1.82) is 0 Å². The zero-order valence-corrected chi connectivity index (χ0v) is 12.5. The van der Waals surface area contributed by atoms with E-state index in [1.54, 1.807) is 6.20 Å². The van der Waals surface area contributed by atoms with Gasteiger partial charge in [0.15, 0.2) is 5.82 Å². The molecule has 0 aliphatic heterocycles. The number of nitrogens with one attached hydrogen (secondary N) is 1. The fourth-order valence-electron chi connectivity index (χ4n) is 2.01. The minimum absolute atomic E-state index is 0.570. The number of hydrogen-bond donors (Lipinski definition) is 1. The molecule has 0 saturated carbocycles. The molecular weight excluding hydrogens is 254 g/mol. The van der Waals surface area contributed by atoms with Gasteiger partial charge in [-0.25, -0.2) is 0 Å². The first-order chi connectivity index (χ1) is 9.73. The molecule has 0 unspecified atom stereocenters. The highest BCUT2D eigenvalue weighted by Gasteiger charge is 2.14. The topological polar surface area (TPSA) is 71.8 Å². The van der Waals surface area contributed by atoms with Gasteiger partial charge >= 0.3 is 0 Å². The van der Waals surface area contributed by atoms with E-state index in [4.69, 9.17) is 0 Å². The van der Waals surface area contributed by atoms with Crippen LogP contribution in [0, 0.1) is 0 Å². The van der Waals surface area contributed by atoms with Crippen molar-refractivity contribution >= 4 is 11.9 Å². The molecule has 0 fully saturated rings. The summed E-state index contributed by atoms with van der Waals surface area (Å²) >= 11 is 0.